The Morgan fingerprint density at radius 1 is 1.29 bits per heavy atom. The zero-order chi connectivity index (χ0) is 15.4. The van der Waals surface area contributed by atoms with Crippen LogP contribution in [0, 0.1) is 6.92 Å². The minimum atomic E-state index is -0.519. The van der Waals surface area contributed by atoms with E-state index in [2.05, 4.69) is 15.5 Å². The quantitative estimate of drug-likeness (QED) is 0.458. The van der Waals surface area contributed by atoms with Gasteiger partial charge in [-0.3, -0.25) is 9.59 Å². The number of aromatic nitrogens is 1. The first-order valence-corrected chi connectivity index (χ1v) is 6.31. The van der Waals surface area contributed by atoms with Crippen LogP contribution in [0.1, 0.15) is 28.5 Å². The lowest BCUT2D eigenvalue weighted by molar-refractivity contribution is 0.102. The minimum Gasteiger partial charge on any atom is -0.411 e. The maximum Gasteiger partial charge on any atom is 0.261 e. The van der Waals surface area contributed by atoms with E-state index in [-0.39, 0.29) is 11.0 Å². The van der Waals surface area contributed by atoms with Crippen LogP contribution in [0.2, 0.25) is 0 Å². The molecular weight excluding hydrogens is 270 g/mol. The Hall–Kier alpha value is -2.89. The SMILES string of the molecule is C/C(=N/O)c1ccccc1NC(=O)c1c[nH]c(C)cc1=O. The Bertz CT molecular complexity index is 763. The molecule has 108 valence electrons. The summed E-state index contributed by atoms with van der Waals surface area (Å²) in [6, 6.07) is 8.25. The van der Waals surface area contributed by atoms with E-state index in [1.165, 1.54) is 12.3 Å². The molecule has 6 nitrogen and oxygen atoms in total. The largest absolute Gasteiger partial charge is 0.411 e. The highest BCUT2D eigenvalue weighted by Gasteiger charge is 2.13. The Labute approximate surface area is 121 Å². The summed E-state index contributed by atoms with van der Waals surface area (Å²) in [6.45, 7) is 3.35. The van der Waals surface area contributed by atoms with Crippen LogP contribution >= 0.6 is 0 Å². The van der Waals surface area contributed by atoms with E-state index < -0.39 is 5.91 Å². The van der Waals surface area contributed by atoms with E-state index in [9.17, 15) is 9.59 Å². The lowest BCUT2D eigenvalue weighted by atomic mass is 10.1. The fourth-order valence-corrected chi connectivity index (χ4v) is 1.90. The van der Waals surface area contributed by atoms with Gasteiger partial charge in [0, 0.05) is 23.5 Å². The van der Waals surface area contributed by atoms with Crippen LogP contribution < -0.4 is 10.7 Å². The number of rotatable bonds is 3. The first-order valence-electron chi connectivity index (χ1n) is 6.31. The predicted molar refractivity (Wildman–Crippen MR) is 80.2 cm³/mol. The van der Waals surface area contributed by atoms with Crippen molar-refractivity contribution in [3.8, 4) is 0 Å². The highest BCUT2D eigenvalue weighted by molar-refractivity contribution is 6.10. The van der Waals surface area contributed by atoms with Crippen LogP contribution in [0.25, 0.3) is 0 Å². The molecule has 0 aliphatic carbocycles. The number of aryl methyl sites for hydroxylation is 1. The van der Waals surface area contributed by atoms with Gasteiger partial charge in [-0.1, -0.05) is 23.4 Å². The molecule has 0 saturated carbocycles. The topological polar surface area (TPSA) is 94.6 Å². The monoisotopic (exact) mass is 285 g/mol. The number of hydrogen-bond donors (Lipinski definition) is 3. The van der Waals surface area contributed by atoms with E-state index in [0.29, 0.717) is 22.7 Å². The van der Waals surface area contributed by atoms with Crippen molar-refractivity contribution in [1.82, 2.24) is 4.98 Å². The van der Waals surface area contributed by atoms with Gasteiger partial charge in [0.25, 0.3) is 5.91 Å². The standard InChI is InChI=1S/C15H15N3O3/c1-9-7-14(19)12(8-16-9)15(20)17-13-6-4-3-5-11(13)10(2)18-21/h3-8,21H,1-2H3,(H,16,19)(H,17,20)/b18-10-. The molecule has 21 heavy (non-hydrogen) atoms. The summed E-state index contributed by atoms with van der Waals surface area (Å²) in [5.41, 5.74) is 1.77. The normalized spacial score (nSPS) is 11.2. The molecule has 1 heterocycles. The molecule has 2 aromatic rings. The molecular formula is C15H15N3O3. The number of para-hydroxylation sites is 1. The smallest absolute Gasteiger partial charge is 0.261 e. The number of hydrogen-bond acceptors (Lipinski definition) is 4. The summed E-state index contributed by atoms with van der Waals surface area (Å²) in [6.07, 6.45) is 1.38. The molecule has 0 atom stereocenters. The number of carbonyl (C=O) groups excluding carboxylic acids is 1. The van der Waals surface area contributed by atoms with Crippen LogP contribution in [-0.2, 0) is 0 Å². The highest BCUT2D eigenvalue weighted by atomic mass is 16.4. The summed E-state index contributed by atoms with van der Waals surface area (Å²) >= 11 is 0. The van der Waals surface area contributed by atoms with Gasteiger partial charge in [0.2, 0.25) is 0 Å². The number of carbonyl (C=O) groups is 1. The van der Waals surface area contributed by atoms with E-state index in [1.807, 2.05) is 0 Å². The molecule has 0 radical (unpaired) electrons. The van der Waals surface area contributed by atoms with Gasteiger partial charge in [-0.25, -0.2) is 0 Å². The van der Waals surface area contributed by atoms with Crippen molar-refractivity contribution in [2.75, 3.05) is 5.32 Å². The summed E-state index contributed by atoms with van der Waals surface area (Å²) in [4.78, 5) is 26.8. The summed E-state index contributed by atoms with van der Waals surface area (Å²) in [5, 5.41) is 14.6. The van der Waals surface area contributed by atoms with Crippen LogP contribution in [0.3, 0.4) is 0 Å². The maximum atomic E-state index is 12.2. The number of pyridine rings is 1. The van der Waals surface area contributed by atoms with E-state index in [4.69, 9.17) is 5.21 Å². The summed E-state index contributed by atoms with van der Waals surface area (Å²) in [7, 11) is 0. The second kappa shape index (κ2) is 6.04. The molecule has 6 heteroatoms. The number of nitrogens with zero attached hydrogens (tertiary/aromatic N) is 1. The Balaban J connectivity index is 2.34. The van der Waals surface area contributed by atoms with Gasteiger partial charge < -0.3 is 15.5 Å². The Kier molecular flexibility index (Phi) is 4.18. The van der Waals surface area contributed by atoms with Gasteiger partial charge in [0.1, 0.15) is 5.56 Å². The summed E-state index contributed by atoms with van der Waals surface area (Å²) < 4.78 is 0. The minimum absolute atomic E-state index is 0.0222. The lowest BCUT2D eigenvalue weighted by Gasteiger charge is -2.10. The van der Waals surface area contributed by atoms with Gasteiger partial charge in [-0.15, -0.1) is 0 Å². The number of oxime groups is 1. The van der Waals surface area contributed by atoms with Crippen LogP contribution in [0.5, 0.6) is 0 Å². The molecule has 0 fully saturated rings. The maximum absolute atomic E-state index is 12.2. The zero-order valence-corrected chi connectivity index (χ0v) is 11.7. The molecule has 0 saturated heterocycles. The van der Waals surface area contributed by atoms with Crippen molar-refractivity contribution >= 4 is 17.3 Å². The molecule has 1 aromatic heterocycles. The molecule has 0 bridgehead atoms. The van der Waals surface area contributed by atoms with Gasteiger partial charge in [0.15, 0.2) is 5.43 Å². The molecule has 0 aliphatic rings. The average molecular weight is 285 g/mol. The molecule has 1 amide bonds. The third-order valence-electron chi connectivity index (χ3n) is 3.02. The Morgan fingerprint density at radius 3 is 2.67 bits per heavy atom. The van der Waals surface area contributed by atoms with Crippen LogP contribution in [-0.4, -0.2) is 21.8 Å². The number of H-pyrrole nitrogens is 1. The second-order valence-electron chi connectivity index (χ2n) is 4.58. The van der Waals surface area contributed by atoms with E-state index in [0.717, 1.165) is 0 Å². The second-order valence-corrected chi connectivity index (χ2v) is 4.58. The van der Waals surface area contributed by atoms with Gasteiger partial charge >= 0.3 is 0 Å². The fourth-order valence-electron chi connectivity index (χ4n) is 1.90. The van der Waals surface area contributed by atoms with Crippen molar-refractivity contribution in [1.29, 1.82) is 0 Å². The van der Waals surface area contributed by atoms with Crippen molar-refractivity contribution in [3.05, 3.63) is 63.6 Å². The average Bonchev–Trinajstić information content (AvgIpc) is 2.46. The first kappa shape index (κ1) is 14.5. The van der Waals surface area contributed by atoms with Gasteiger partial charge in [0.05, 0.1) is 11.4 Å². The molecule has 1 aromatic carbocycles. The summed E-state index contributed by atoms with van der Waals surface area (Å²) in [5.74, 6) is -0.519. The molecule has 2 rings (SSSR count). The van der Waals surface area contributed by atoms with E-state index >= 15 is 0 Å². The predicted octanol–water partition coefficient (Wildman–Crippen LogP) is 2.13. The number of amides is 1. The van der Waals surface area contributed by atoms with Crippen LogP contribution in [0.4, 0.5) is 5.69 Å². The molecule has 3 N–H and O–H groups in total. The first-order chi connectivity index (χ1) is 10.0. The number of anilines is 1. The van der Waals surface area contributed by atoms with Gasteiger partial charge in [-0.2, -0.15) is 0 Å². The number of benzene rings is 1. The zero-order valence-electron chi connectivity index (χ0n) is 11.7. The van der Waals surface area contributed by atoms with Crippen LogP contribution in [0.15, 0.2) is 46.5 Å². The van der Waals surface area contributed by atoms with E-state index in [1.54, 1.807) is 38.1 Å². The third-order valence-corrected chi connectivity index (χ3v) is 3.02. The Morgan fingerprint density at radius 2 is 2.00 bits per heavy atom. The highest BCUT2D eigenvalue weighted by Crippen LogP contribution is 2.16. The fraction of sp³-hybridized carbons (Fsp3) is 0.133. The third kappa shape index (κ3) is 3.17. The lowest BCUT2D eigenvalue weighted by Crippen LogP contribution is -2.22. The molecule has 0 unspecified atom stereocenters. The molecule has 0 spiro atoms. The van der Waals surface area contributed by atoms with Crippen molar-refractivity contribution in [3.63, 3.8) is 0 Å². The van der Waals surface area contributed by atoms with Crippen molar-refractivity contribution < 1.29 is 10.0 Å². The number of aromatic amines is 1. The number of nitrogens with one attached hydrogen (secondary N) is 2. The van der Waals surface area contributed by atoms with Crippen molar-refractivity contribution in [2.45, 2.75) is 13.8 Å². The van der Waals surface area contributed by atoms with Gasteiger partial charge in [-0.05, 0) is 19.9 Å². The van der Waals surface area contributed by atoms with Crippen molar-refractivity contribution in [2.24, 2.45) is 5.16 Å². The molecule has 0 aliphatic heterocycles.